The van der Waals surface area contributed by atoms with Crippen molar-refractivity contribution in [2.75, 3.05) is 13.7 Å². The summed E-state index contributed by atoms with van der Waals surface area (Å²) in [6.07, 6.45) is 0.933. The molecule has 3 atom stereocenters. The van der Waals surface area contributed by atoms with E-state index in [1.807, 2.05) is 12.1 Å². The lowest BCUT2D eigenvalue weighted by atomic mass is 10.2. The first-order valence-corrected chi connectivity index (χ1v) is 7.12. The number of hydrogen-bond donors (Lipinski definition) is 2. The predicted molar refractivity (Wildman–Crippen MR) is 75.0 cm³/mol. The number of carboxylic acids is 1. The summed E-state index contributed by atoms with van der Waals surface area (Å²) in [5, 5.41) is 11.3. The number of rotatable bonds is 8. The average molecular weight is 295 g/mol. The summed E-state index contributed by atoms with van der Waals surface area (Å²) in [4.78, 5) is 22.4. The molecule has 1 aromatic rings. The Morgan fingerprint density at radius 3 is 2.81 bits per heavy atom. The molecule has 2 rings (SSSR count). The van der Waals surface area contributed by atoms with Gasteiger partial charge in [0.15, 0.2) is 6.10 Å². The fourth-order valence-corrected chi connectivity index (χ4v) is 2.25. The summed E-state index contributed by atoms with van der Waals surface area (Å²) in [5.74, 6) is 1.71. The lowest BCUT2D eigenvalue weighted by Crippen LogP contribution is -2.37. The first kappa shape index (κ1) is 15.6. The van der Waals surface area contributed by atoms with Crippen LogP contribution >= 0.6 is 0 Å². The van der Waals surface area contributed by atoms with E-state index in [2.05, 4.69) is 12.2 Å². The van der Waals surface area contributed by atoms with Gasteiger partial charge in [-0.2, -0.15) is 0 Å². The van der Waals surface area contributed by atoms with Gasteiger partial charge in [0, 0.05) is 25.9 Å². The Bertz CT molecular complexity index is 510. The number of methoxy groups -OCH3 is 1. The molecular weight excluding hydrogens is 274 g/mol. The first-order valence-electron chi connectivity index (χ1n) is 7.12. The number of carbonyl (C=O) groups excluding carboxylic acids is 1. The normalized spacial score (nSPS) is 21.8. The highest BCUT2D eigenvalue weighted by Gasteiger charge is 2.36. The van der Waals surface area contributed by atoms with Gasteiger partial charge >= 0.3 is 5.97 Å². The van der Waals surface area contributed by atoms with E-state index in [9.17, 15) is 9.59 Å². The number of hydrogen-bond acceptors (Lipinski definition) is 4. The second-order valence-electron chi connectivity index (χ2n) is 5.49. The number of carboxylic acid groups (broad SMARTS) is 1. The number of aliphatic carboxylic acids is 1. The number of nitrogens with one attached hydrogen (secondary N) is 1. The molecule has 3 unspecified atom stereocenters. The van der Waals surface area contributed by atoms with E-state index in [4.69, 9.17) is 14.3 Å². The lowest BCUT2D eigenvalue weighted by molar-refractivity contribution is -0.148. The SMILES string of the molecule is COC(CNC(=O)CCc1ccc(C2CC2C)o1)C(=O)O. The third-order valence-corrected chi connectivity index (χ3v) is 3.80. The van der Waals surface area contributed by atoms with Crippen molar-refractivity contribution >= 4 is 11.9 Å². The molecule has 116 valence electrons. The molecule has 1 fully saturated rings. The molecule has 0 radical (unpaired) electrons. The van der Waals surface area contributed by atoms with Crippen LogP contribution in [0.25, 0.3) is 0 Å². The minimum absolute atomic E-state index is 0.0341. The summed E-state index contributed by atoms with van der Waals surface area (Å²) in [5.41, 5.74) is 0. The van der Waals surface area contributed by atoms with Gasteiger partial charge in [-0.05, 0) is 24.5 Å². The Morgan fingerprint density at radius 2 is 2.24 bits per heavy atom. The molecule has 6 nitrogen and oxygen atoms in total. The molecular formula is C15H21NO5. The molecule has 0 saturated heterocycles. The zero-order chi connectivity index (χ0) is 15.4. The second kappa shape index (κ2) is 6.76. The fraction of sp³-hybridized carbons (Fsp3) is 0.600. The Hall–Kier alpha value is -1.82. The summed E-state index contributed by atoms with van der Waals surface area (Å²) in [6, 6.07) is 3.88. The zero-order valence-electron chi connectivity index (χ0n) is 12.3. The van der Waals surface area contributed by atoms with Gasteiger partial charge in [0.25, 0.3) is 0 Å². The largest absolute Gasteiger partial charge is 0.479 e. The van der Waals surface area contributed by atoms with Gasteiger partial charge < -0.3 is 19.6 Å². The van der Waals surface area contributed by atoms with Gasteiger partial charge in [-0.1, -0.05) is 6.92 Å². The fourth-order valence-electron chi connectivity index (χ4n) is 2.25. The van der Waals surface area contributed by atoms with Gasteiger partial charge in [-0.3, -0.25) is 4.79 Å². The third kappa shape index (κ3) is 4.32. The molecule has 0 spiro atoms. The molecule has 0 bridgehead atoms. The highest BCUT2D eigenvalue weighted by molar-refractivity contribution is 5.78. The van der Waals surface area contributed by atoms with Gasteiger partial charge in [-0.15, -0.1) is 0 Å². The highest BCUT2D eigenvalue weighted by atomic mass is 16.5. The summed E-state index contributed by atoms with van der Waals surface area (Å²) in [7, 11) is 1.30. The molecule has 1 aliphatic rings. The Morgan fingerprint density at radius 1 is 1.52 bits per heavy atom. The van der Waals surface area contributed by atoms with Crippen LogP contribution in [-0.4, -0.2) is 36.7 Å². The molecule has 1 heterocycles. The molecule has 2 N–H and O–H groups in total. The lowest BCUT2D eigenvalue weighted by Gasteiger charge is -2.11. The summed E-state index contributed by atoms with van der Waals surface area (Å²) < 4.78 is 10.5. The van der Waals surface area contributed by atoms with E-state index in [0.29, 0.717) is 18.3 Å². The van der Waals surface area contributed by atoms with Crippen molar-refractivity contribution in [2.24, 2.45) is 5.92 Å². The van der Waals surface area contributed by atoms with Crippen LogP contribution in [-0.2, 0) is 20.7 Å². The van der Waals surface area contributed by atoms with Gasteiger partial charge in [-0.25, -0.2) is 4.79 Å². The topological polar surface area (TPSA) is 88.8 Å². The van der Waals surface area contributed by atoms with E-state index < -0.39 is 12.1 Å². The van der Waals surface area contributed by atoms with Crippen LogP contribution in [0.4, 0.5) is 0 Å². The Labute approximate surface area is 123 Å². The Balaban J connectivity index is 1.71. The van der Waals surface area contributed by atoms with E-state index >= 15 is 0 Å². The number of ether oxygens (including phenoxy) is 1. The first-order chi connectivity index (χ1) is 10.0. The minimum atomic E-state index is -1.09. The van der Waals surface area contributed by atoms with Crippen molar-refractivity contribution in [1.29, 1.82) is 0 Å². The van der Waals surface area contributed by atoms with E-state index in [1.54, 1.807) is 0 Å². The standard InChI is InChI=1S/C15H21NO5/c1-9-7-11(9)12-5-3-10(21-12)4-6-14(17)16-8-13(20-2)15(18)19/h3,5,9,11,13H,4,6-8H2,1-2H3,(H,16,17)(H,18,19). The smallest absolute Gasteiger partial charge is 0.334 e. The average Bonchev–Trinajstić information content (AvgIpc) is 3.00. The second-order valence-corrected chi connectivity index (χ2v) is 5.49. The third-order valence-electron chi connectivity index (χ3n) is 3.80. The molecule has 21 heavy (non-hydrogen) atoms. The van der Waals surface area contributed by atoms with Gasteiger partial charge in [0.05, 0.1) is 6.54 Å². The van der Waals surface area contributed by atoms with Gasteiger partial charge in [0.2, 0.25) is 5.91 Å². The number of amides is 1. The van der Waals surface area contributed by atoms with E-state index in [1.165, 1.54) is 13.5 Å². The highest BCUT2D eigenvalue weighted by Crippen LogP contribution is 2.47. The van der Waals surface area contributed by atoms with E-state index in [-0.39, 0.29) is 18.9 Å². The van der Waals surface area contributed by atoms with Crippen molar-refractivity contribution in [2.45, 2.75) is 38.2 Å². The van der Waals surface area contributed by atoms with Crippen LogP contribution in [0, 0.1) is 5.92 Å². The van der Waals surface area contributed by atoms with Crippen molar-refractivity contribution in [3.8, 4) is 0 Å². The van der Waals surface area contributed by atoms with Crippen LogP contribution in [0.1, 0.15) is 37.2 Å². The maximum atomic E-state index is 11.7. The molecule has 1 aliphatic carbocycles. The number of carbonyl (C=O) groups is 2. The predicted octanol–water partition coefficient (Wildman–Crippen LogP) is 1.55. The molecule has 0 aromatic carbocycles. The van der Waals surface area contributed by atoms with Crippen molar-refractivity contribution in [1.82, 2.24) is 5.32 Å². The number of aryl methyl sites for hydroxylation is 1. The summed E-state index contributed by atoms with van der Waals surface area (Å²) in [6.45, 7) is 2.16. The maximum absolute atomic E-state index is 11.7. The molecule has 0 aliphatic heterocycles. The molecule has 1 aromatic heterocycles. The quantitative estimate of drug-likeness (QED) is 0.759. The van der Waals surface area contributed by atoms with Crippen molar-refractivity contribution in [3.63, 3.8) is 0 Å². The molecule has 1 saturated carbocycles. The monoisotopic (exact) mass is 295 g/mol. The van der Waals surface area contributed by atoms with E-state index in [0.717, 1.165) is 11.5 Å². The Kier molecular flexibility index (Phi) is 5.01. The minimum Gasteiger partial charge on any atom is -0.479 e. The maximum Gasteiger partial charge on any atom is 0.334 e. The van der Waals surface area contributed by atoms with Crippen LogP contribution < -0.4 is 5.32 Å². The summed E-state index contributed by atoms with van der Waals surface area (Å²) >= 11 is 0. The molecule has 6 heteroatoms. The van der Waals surface area contributed by atoms with Crippen molar-refractivity contribution < 1.29 is 23.8 Å². The zero-order valence-corrected chi connectivity index (χ0v) is 12.3. The van der Waals surface area contributed by atoms with Gasteiger partial charge in [0.1, 0.15) is 11.5 Å². The van der Waals surface area contributed by atoms with Crippen molar-refractivity contribution in [3.05, 3.63) is 23.7 Å². The van der Waals surface area contributed by atoms with Crippen LogP contribution in [0.3, 0.4) is 0 Å². The number of furan rings is 1. The van der Waals surface area contributed by atoms with Crippen LogP contribution in [0.15, 0.2) is 16.5 Å². The van der Waals surface area contributed by atoms with Crippen LogP contribution in [0.2, 0.25) is 0 Å². The molecule has 1 amide bonds. The van der Waals surface area contributed by atoms with Crippen LogP contribution in [0.5, 0.6) is 0 Å².